The molecule has 0 aliphatic carbocycles. The molecule has 0 aromatic carbocycles. The zero-order valence-electron chi connectivity index (χ0n) is 8.68. The first kappa shape index (κ1) is 14.6. The van der Waals surface area contributed by atoms with Gasteiger partial charge in [-0.2, -0.15) is 0 Å². The van der Waals surface area contributed by atoms with Crippen molar-refractivity contribution >= 4 is 0 Å². The fourth-order valence-corrected chi connectivity index (χ4v) is 0.833. The van der Waals surface area contributed by atoms with Crippen molar-refractivity contribution in [2.45, 2.75) is 33.6 Å². The van der Waals surface area contributed by atoms with E-state index in [4.69, 9.17) is 0 Å². The summed E-state index contributed by atoms with van der Waals surface area (Å²) in [5, 5.41) is 10.1. The van der Waals surface area contributed by atoms with Crippen molar-refractivity contribution in [2.24, 2.45) is 0 Å². The average molecular weight is 160 g/mol. The molecule has 1 nitrogen and oxygen atoms in total. The van der Waals surface area contributed by atoms with Gasteiger partial charge in [0.25, 0.3) is 0 Å². The van der Waals surface area contributed by atoms with Crippen molar-refractivity contribution in [2.75, 3.05) is 6.61 Å². The van der Waals surface area contributed by atoms with E-state index in [1.807, 2.05) is 6.92 Å². The first-order valence-corrected chi connectivity index (χ1v) is 4.04. The van der Waals surface area contributed by atoms with Crippen LogP contribution in [0.2, 0.25) is 0 Å². The van der Waals surface area contributed by atoms with Gasteiger partial charge < -0.3 is 5.11 Å². The van der Waals surface area contributed by atoms with Crippen LogP contribution in [0.25, 0.3) is 0 Å². The van der Waals surface area contributed by atoms with Crippen LogP contribution in [-0.4, -0.2) is 6.61 Å². The van der Waals surface area contributed by atoms with Gasteiger partial charge in [0.1, 0.15) is 0 Å². The minimum Gasteiger partial charge on any atom is -0.851 e. The van der Waals surface area contributed by atoms with Gasteiger partial charge >= 0.3 is 18.9 Å². The molecule has 0 amide bonds. The molecule has 0 aliphatic heterocycles. The summed E-state index contributed by atoms with van der Waals surface area (Å²) in [5.41, 5.74) is 2.55. The summed E-state index contributed by atoms with van der Waals surface area (Å²) in [4.78, 5) is 0. The maximum atomic E-state index is 10.1. The molecule has 0 N–H and O–H groups in total. The Morgan fingerprint density at radius 1 is 1.17 bits per heavy atom. The molecule has 0 atom stereocenters. The minimum atomic E-state index is -0.0827. The Morgan fingerprint density at radius 2 is 1.75 bits per heavy atom. The van der Waals surface area contributed by atoms with Gasteiger partial charge in [0.05, 0.1) is 0 Å². The largest absolute Gasteiger partial charge is 1.00 e. The van der Waals surface area contributed by atoms with Gasteiger partial charge in [0.15, 0.2) is 0 Å². The zero-order valence-corrected chi connectivity index (χ0v) is 8.68. The fourth-order valence-electron chi connectivity index (χ4n) is 0.833. The van der Waals surface area contributed by atoms with Gasteiger partial charge in [-0.25, -0.2) is 0 Å². The Balaban J connectivity index is 0. The number of rotatable bonds is 4. The van der Waals surface area contributed by atoms with E-state index in [1.54, 1.807) is 6.08 Å². The van der Waals surface area contributed by atoms with E-state index in [9.17, 15) is 5.11 Å². The maximum absolute atomic E-state index is 10.1. The fraction of sp³-hybridized carbons (Fsp3) is 0.600. The quantitative estimate of drug-likeness (QED) is 0.384. The molecule has 0 aromatic rings. The van der Waals surface area contributed by atoms with Crippen LogP contribution in [0.1, 0.15) is 33.6 Å². The second-order valence-electron chi connectivity index (χ2n) is 3.04. The third-order valence-corrected chi connectivity index (χ3v) is 1.52. The predicted molar refractivity (Wildman–Crippen MR) is 47.3 cm³/mol. The van der Waals surface area contributed by atoms with Gasteiger partial charge in [0.2, 0.25) is 0 Å². The van der Waals surface area contributed by atoms with Gasteiger partial charge in [-0.3, -0.25) is 0 Å². The molecule has 0 bridgehead atoms. The average Bonchev–Trinajstić information content (AvgIpc) is 1.87. The summed E-state index contributed by atoms with van der Waals surface area (Å²) in [6.07, 6.45) is 6.03. The Kier molecular flexibility index (Phi) is 11.1. The van der Waals surface area contributed by atoms with Crippen LogP contribution in [0.5, 0.6) is 0 Å². The van der Waals surface area contributed by atoms with Crippen molar-refractivity contribution in [3.63, 3.8) is 0 Å². The topological polar surface area (TPSA) is 23.1 Å². The second kappa shape index (κ2) is 9.13. The first-order valence-electron chi connectivity index (χ1n) is 4.04. The molecule has 12 heavy (non-hydrogen) atoms. The minimum absolute atomic E-state index is 0. The van der Waals surface area contributed by atoms with E-state index in [0.717, 1.165) is 12.8 Å². The maximum Gasteiger partial charge on any atom is 1.00 e. The Bertz CT molecular complexity index is 155. The molecule has 0 unspecified atom stereocenters. The normalized spacial score (nSPS) is 10.5. The van der Waals surface area contributed by atoms with Crippen LogP contribution in [0, 0.1) is 0 Å². The third kappa shape index (κ3) is 10.0. The Hall–Kier alpha value is 0.0374. The van der Waals surface area contributed by atoms with E-state index in [-0.39, 0.29) is 25.5 Å². The van der Waals surface area contributed by atoms with Gasteiger partial charge in [-0.1, -0.05) is 17.2 Å². The second-order valence-corrected chi connectivity index (χ2v) is 3.04. The Labute approximate surface area is 87.7 Å². The van der Waals surface area contributed by atoms with E-state index in [2.05, 4.69) is 19.9 Å². The van der Waals surface area contributed by atoms with Crippen LogP contribution in [0.4, 0.5) is 0 Å². The van der Waals surface area contributed by atoms with Crippen molar-refractivity contribution in [1.29, 1.82) is 0 Å². The van der Waals surface area contributed by atoms with Crippen molar-refractivity contribution in [3.8, 4) is 0 Å². The van der Waals surface area contributed by atoms with E-state index >= 15 is 0 Å². The van der Waals surface area contributed by atoms with Crippen molar-refractivity contribution in [3.05, 3.63) is 23.3 Å². The smallest absolute Gasteiger partial charge is 0.851 e. The van der Waals surface area contributed by atoms with E-state index < -0.39 is 0 Å². The molecule has 0 spiro atoms. The van der Waals surface area contributed by atoms with Gasteiger partial charge in [-0.15, -0.1) is 12.7 Å². The summed E-state index contributed by atoms with van der Waals surface area (Å²) in [6, 6.07) is 0. The summed E-state index contributed by atoms with van der Waals surface area (Å²) < 4.78 is 0. The standard InChI is InChI=1S/C10H17O.Li/c1-9(2)5-4-6-10(3)7-8-11;/h5,7H,4,6,8H2,1-3H3;/q-1;+1/b10-7-;. The van der Waals surface area contributed by atoms with Crippen LogP contribution in [0.15, 0.2) is 23.3 Å². The molecule has 0 saturated heterocycles. The number of hydrogen-bond acceptors (Lipinski definition) is 1. The summed E-state index contributed by atoms with van der Waals surface area (Å²) >= 11 is 0. The van der Waals surface area contributed by atoms with E-state index in [0.29, 0.717) is 0 Å². The van der Waals surface area contributed by atoms with Crippen LogP contribution in [-0.2, 0) is 0 Å². The molecule has 0 saturated carbocycles. The molecule has 64 valence electrons. The summed E-state index contributed by atoms with van der Waals surface area (Å²) in [5.74, 6) is 0. The molecule has 0 radical (unpaired) electrons. The molecule has 0 aliphatic rings. The third-order valence-electron chi connectivity index (χ3n) is 1.52. The zero-order chi connectivity index (χ0) is 8.69. The number of hydrogen-bond donors (Lipinski definition) is 0. The molecule has 0 rings (SSSR count). The summed E-state index contributed by atoms with van der Waals surface area (Å²) in [6.45, 7) is 6.11. The molecule has 2 heteroatoms. The SMILES string of the molecule is CC(C)=CCC/C(C)=C\C[O-].[Li+]. The van der Waals surface area contributed by atoms with Crippen molar-refractivity contribution < 1.29 is 24.0 Å². The molecule has 0 heterocycles. The Morgan fingerprint density at radius 3 is 2.17 bits per heavy atom. The van der Waals surface area contributed by atoms with Crippen LogP contribution in [0.3, 0.4) is 0 Å². The van der Waals surface area contributed by atoms with Crippen LogP contribution >= 0.6 is 0 Å². The van der Waals surface area contributed by atoms with Gasteiger partial charge in [0, 0.05) is 0 Å². The van der Waals surface area contributed by atoms with Crippen molar-refractivity contribution in [1.82, 2.24) is 0 Å². The van der Waals surface area contributed by atoms with Crippen LogP contribution < -0.4 is 24.0 Å². The predicted octanol–water partition coefficient (Wildman–Crippen LogP) is -0.957. The molecular formula is C10H17LiO. The molecular weight excluding hydrogens is 143 g/mol. The van der Waals surface area contributed by atoms with Gasteiger partial charge in [-0.05, 0) is 33.6 Å². The number of allylic oxidation sites excluding steroid dienone is 3. The molecule has 0 aromatic heterocycles. The monoisotopic (exact) mass is 160 g/mol. The van der Waals surface area contributed by atoms with E-state index in [1.165, 1.54) is 11.1 Å². The molecule has 0 fully saturated rings. The first-order chi connectivity index (χ1) is 5.16. The summed E-state index contributed by atoms with van der Waals surface area (Å²) in [7, 11) is 0.